The molecule has 0 aromatic rings. The van der Waals surface area contributed by atoms with Gasteiger partial charge in [0.05, 0.1) is 5.41 Å². The topological polar surface area (TPSA) is 175 Å². The number of amidine groups is 2. The summed E-state index contributed by atoms with van der Waals surface area (Å²) in [5, 5.41) is 24.9. The first-order valence-electron chi connectivity index (χ1n) is 7.49. The number of unbranched alkanes of at least 4 members (excludes halogenated alkanes) is 2. The van der Waals surface area contributed by atoms with Crippen molar-refractivity contribution in [3.05, 3.63) is 0 Å². The smallest absolute Gasteiger partial charge is 0.303 e. The number of nitrogens with one attached hydrogen (secondary N) is 1. The molecule has 0 atom stereocenters. The Morgan fingerprint density at radius 2 is 1.30 bits per heavy atom. The molecule has 23 heavy (non-hydrogen) atoms. The predicted molar refractivity (Wildman–Crippen MR) is 85.6 cm³/mol. The first-order chi connectivity index (χ1) is 10.8. The molecule has 9 nitrogen and oxygen atoms in total. The average Bonchev–Trinajstić information content (AvgIpc) is 2.43. The highest BCUT2D eigenvalue weighted by atomic mass is 16.4. The van der Waals surface area contributed by atoms with Gasteiger partial charge in [-0.15, -0.1) is 0 Å². The van der Waals surface area contributed by atoms with Crippen LogP contribution in [0, 0.1) is 10.8 Å². The van der Waals surface area contributed by atoms with Gasteiger partial charge in [-0.1, -0.05) is 12.8 Å². The fourth-order valence-electron chi connectivity index (χ4n) is 2.64. The summed E-state index contributed by atoms with van der Waals surface area (Å²) in [6, 6.07) is 0. The van der Waals surface area contributed by atoms with E-state index in [0.717, 1.165) is 0 Å². The highest BCUT2D eigenvalue weighted by Gasteiger charge is 2.40. The lowest BCUT2D eigenvalue weighted by Gasteiger charge is -2.34. The van der Waals surface area contributed by atoms with Crippen LogP contribution in [0.3, 0.4) is 0 Å². The van der Waals surface area contributed by atoms with Crippen LogP contribution in [-0.2, 0) is 9.59 Å². The summed E-state index contributed by atoms with van der Waals surface area (Å²) in [7, 11) is 0. The lowest BCUT2D eigenvalue weighted by atomic mass is 9.75. The molecule has 0 unspecified atom stereocenters. The predicted octanol–water partition coefficient (Wildman–Crippen LogP) is 0.926. The first-order valence-corrected chi connectivity index (χ1v) is 7.49. The van der Waals surface area contributed by atoms with Crippen molar-refractivity contribution >= 4 is 29.6 Å². The van der Waals surface area contributed by atoms with Gasteiger partial charge in [0.1, 0.15) is 11.7 Å². The zero-order valence-corrected chi connectivity index (χ0v) is 12.9. The quantitative estimate of drug-likeness (QED) is 0.373. The molecule has 0 aromatic heterocycles. The highest BCUT2D eigenvalue weighted by molar-refractivity contribution is 6.18. The van der Waals surface area contributed by atoms with Crippen LogP contribution < -0.4 is 11.5 Å². The van der Waals surface area contributed by atoms with Crippen molar-refractivity contribution in [3.8, 4) is 0 Å². The number of carboxylic acids is 2. The Kier molecular flexibility index (Phi) is 6.67. The van der Waals surface area contributed by atoms with Crippen molar-refractivity contribution in [2.24, 2.45) is 26.9 Å². The minimum absolute atomic E-state index is 0.0546. The summed E-state index contributed by atoms with van der Waals surface area (Å²) < 4.78 is 0. The molecule has 0 amide bonds. The standard InChI is InChI=1S/C14H23N5O4/c15-11-14(7-3-1-5-9(20)21,8-4-2-6-10(22)23)12(16)19-13(17)18-11/h1-8H2,(H,20,21)(H,22,23)(H5,15,16,17,18,19). The minimum Gasteiger partial charge on any atom is -0.481 e. The molecule has 9 heteroatoms. The van der Waals surface area contributed by atoms with Crippen LogP contribution in [0.5, 0.6) is 0 Å². The number of carbonyl (C=O) groups is 2. The zero-order chi connectivity index (χ0) is 17.5. The molecular formula is C14H23N5O4. The third kappa shape index (κ3) is 5.35. The zero-order valence-electron chi connectivity index (χ0n) is 12.9. The number of guanidine groups is 1. The largest absolute Gasteiger partial charge is 0.481 e. The van der Waals surface area contributed by atoms with Gasteiger partial charge in [0.15, 0.2) is 0 Å². The van der Waals surface area contributed by atoms with E-state index < -0.39 is 17.4 Å². The summed E-state index contributed by atoms with van der Waals surface area (Å²) in [4.78, 5) is 29.0. The van der Waals surface area contributed by atoms with Crippen molar-refractivity contribution in [1.82, 2.24) is 0 Å². The molecule has 7 N–H and O–H groups in total. The number of carboxylic acid groups (broad SMARTS) is 2. The summed E-state index contributed by atoms with van der Waals surface area (Å²) >= 11 is 0. The fraction of sp³-hybridized carbons (Fsp3) is 0.643. The number of aliphatic carboxylic acids is 2. The Labute approximate surface area is 134 Å². The van der Waals surface area contributed by atoms with E-state index in [9.17, 15) is 9.59 Å². The minimum atomic E-state index is -0.866. The van der Waals surface area contributed by atoms with Gasteiger partial charge in [-0.05, 0) is 25.7 Å². The van der Waals surface area contributed by atoms with Crippen LogP contribution >= 0.6 is 0 Å². The monoisotopic (exact) mass is 325 g/mol. The van der Waals surface area contributed by atoms with Gasteiger partial charge in [0, 0.05) is 12.8 Å². The average molecular weight is 325 g/mol. The summed E-state index contributed by atoms with van der Waals surface area (Å²) in [5.74, 6) is -1.60. The van der Waals surface area contributed by atoms with E-state index in [1.54, 1.807) is 0 Å². The molecule has 0 radical (unpaired) electrons. The van der Waals surface area contributed by atoms with Crippen LogP contribution in [0.1, 0.15) is 51.4 Å². The second-order valence-corrected chi connectivity index (χ2v) is 5.60. The van der Waals surface area contributed by atoms with Gasteiger partial charge in [-0.2, -0.15) is 9.98 Å². The molecule has 0 aromatic carbocycles. The van der Waals surface area contributed by atoms with Crippen molar-refractivity contribution < 1.29 is 19.8 Å². The van der Waals surface area contributed by atoms with Crippen LogP contribution in [0.4, 0.5) is 0 Å². The van der Waals surface area contributed by atoms with Gasteiger partial charge in [0.25, 0.3) is 0 Å². The summed E-state index contributed by atoms with van der Waals surface area (Å²) in [6.45, 7) is 0. The van der Waals surface area contributed by atoms with Crippen molar-refractivity contribution in [2.45, 2.75) is 51.4 Å². The molecule has 1 rings (SSSR count). The van der Waals surface area contributed by atoms with E-state index in [4.69, 9.17) is 27.1 Å². The fourth-order valence-corrected chi connectivity index (χ4v) is 2.64. The molecule has 0 fully saturated rings. The molecule has 128 valence electrons. The van der Waals surface area contributed by atoms with Crippen molar-refractivity contribution in [2.75, 3.05) is 0 Å². The van der Waals surface area contributed by atoms with Crippen LogP contribution in [-0.4, -0.2) is 39.8 Å². The maximum absolute atomic E-state index is 10.6. The molecular weight excluding hydrogens is 302 g/mol. The number of hydrogen-bond donors (Lipinski definition) is 5. The van der Waals surface area contributed by atoms with Gasteiger partial charge in [-0.25, -0.2) is 0 Å². The van der Waals surface area contributed by atoms with E-state index in [1.165, 1.54) is 0 Å². The number of aliphatic imine (C=N–C) groups is 2. The maximum Gasteiger partial charge on any atom is 0.303 e. The molecule has 1 aliphatic heterocycles. The number of nitrogens with zero attached hydrogens (tertiary/aromatic N) is 2. The van der Waals surface area contributed by atoms with Crippen molar-refractivity contribution in [1.29, 1.82) is 5.41 Å². The summed E-state index contributed by atoms with van der Waals surface area (Å²) in [5.41, 5.74) is 11.2. The Balaban J connectivity index is 2.77. The van der Waals surface area contributed by atoms with Crippen LogP contribution in [0.15, 0.2) is 9.98 Å². The van der Waals surface area contributed by atoms with Crippen LogP contribution in [0.2, 0.25) is 0 Å². The molecule has 0 saturated heterocycles. The lowest BCUT2D eigenvalue weighted by Crippen LogP contribution is -2.50. The van der Waals surface area contributed by atoms with E-state index >= 15 is 0 Å². The Bertz CT molecular complexity index is 495. The maximum atomic E-state index is 10.6. The second kappa shape index (κ2) is 8.25. The SMILES string of the molecule is N=C1N=C(N)C(CCCCC(=O)O)(CCCCC(=O)O)C(N)=N1. The van der Waals surface area contributed by atoms with E-state index in [1.807, 2.05) is 0 Å². The highest BCUT2D eigenvalue weighted by Crippen LogP contribution is 2.34. The van der Waals surface area contributed by atoms with E-state index in [-0.39, 0.29) is 30.5 Å². The van der Waals surface area contributed by atoms with Gasteiger partial charge >= 0.3 is 11.9 Å². The third-order valence-corrected chi connectivity index (χ3v) is 3.92. The summed E-state index contributed by atoms with van der Waals surface area (Å²) in [6.07, 6.45) is 3.17. The van der Waals surface area contributed by atoms with Gasteiger partial charge in [0.2, 0.25) is 5.96 Å². The second-order valence-electron chi connectivity index (χ2n) is 5.60. The molecule has 0 aliphatic carbocycles. The molecule has 0 spiro atoms. The Morgan fingerprint density at radius 3 is 1.65 bits per heavy atom. The van der Waals surface area contributed by atoms with Crippen molar-refractivity contribution in [3.63, 3.8) is 0 Å². The molecule has 1 heterocycles. The molecule has 0 saturated carbocycles. The van der Waals surface area contributed by atoms with Gasteiger partial charge in [-0.3, -0.25) is 15.0 Å². The Morgan fingerprint density at radius 1 is 0.913 bits per heavy atom. The molecule has 1 aliphatic rings. The molecule has 0 bridgehead atoms. The third-order valence-electron chi connectivity index (χ3n) is 3.92. The number of nitrogens with two attached hydrogens (primary N) is 2. The normalized spacial score (nSPS) is 16.6. The van der Waals surface area contributed by atoms with Crippen LogP contribution in [0.25, 0.3) is 0 Å². The number of rotatable bonds is 10. The van der Waals surface area contributed by atoms with Gasteiger partial charge < -0.3 is 21.7 Å². The Hall–Kier alpha value is -2.45. The van der Waals surface area contributed by atoms with E-state index in [0.29, 0.717) is 38.5 Å². The first kappa shape index (κ1) is 18.6. The lowest BCUT2D eigenvalue weighted by molar-refractivity contribution is -0.138. The van der Waals surface area contributed by atoms with E-state index in [2.05, 4.69) is 9.98 Å². The number of hydrogen-bond acceptors (Lipinski definition) is 5.